The van der Waals surface area contributed by atoms with Crippen molar-refractivity contribution >= 4 is 15.9 Å². The lowest BCUT2D eigenvalue weighted by molar-refractivity contribution is -0.0164. The number of halogens is 1. The molecule has 1 aliphatic rings. The molecular weight excluding hydrogens is 216 g/mol. The third-order valence-corrected chi connectivity index (χ3v) is 3.32. The van der Waals surface area contributed by atoms with E-state index in [1.165, 1.54) is 0 Å². The molecule has 0 fully saturated rings. The molecule has 12 heavy (non-hydrogen) atoms. The predicted octanol–water partition coefficient (Wildman–Crippen LogP) is 3.00. The lowest BCUT2D eigenvalue weighted by atomic mass is 9.71. The molecule has 0 heterocycles. The molecule has 0 aromatic carbocycles. The summed E-state index contributed by atoms with van der Waals surface area (Å²) in [6.45, 7) is 5.77. The van der Waals surface area contributed by atoms with Gasteiger partial charge in [0.15, 0.2) is 0 Å². The molecule has 0 saturated heterocycles. The number of rotatable bonds is 1. The molecule has 1 atom stereocenters. The molecule has 0 spiro atoms. The van der Waals surface area contributed by atoms with Crippen molar-refractivity contribution < 1.29 is 5.11 Å². The zero-order valence-corrected chi connectivity index (χ0v) is 9.35. The van der Waals surface area contributed by atoms with Gasteiger partial charge in [0, 0.05) is 9.90 Å². The lowest BCUT2D eigenvalue weighted by Gasteiger charge is -2.38. The summed E-state index contributed by atoms with van der Waals surface area (Å²) >= 11 is 3.40. The molecule has 2 heteroatoms. The SMILES string of the molecule is CC(C)(O)[C@@]1(C)C=CC(Br)=CC1. The van der Waals surface area contributed by atoms with E-state index in [1.807, 2.05) is 19.9 Å². The van der Waals surface area contributed by atoms with Crippen LogP contribution < -0.4 is 0 Å². The summed E-state index contributed by atoms with van der Waals surface area (Å²) in [5.74, 6) is 0. The van der Waals surface area contributed by atoms with Crippen molar-refractivity contribution in [3.8, 4) is 0 Å². The minimum Gasteiger partial charge on any atom is -0.390 e. The molecule has 1 N–H and O–H groups in total. The van der Waals surface area contributed by atoms with Crippen LogP contribution in [0.2, 0.25) is 0 Å². The van der Waals surface area contributed by atoms with Gasteiger partial charge in [-0.15, -0.1) is 0 Å². The van der Waals surface area contributed by atoms with Crippen LogP contribution in [0.4, 0.5) is 0 Å². The quantitative estimate of drug-likeness (QED) is 0.735. The van der Waals surface area contributed by atoms with Crippen LogP contribution in [-0.4, -0.2) is 10.7 Å². The first-order valence-electron chi connectivity index (χ1n) is 4.12. The monoisotopic (exact) mass is 230 g/mol. The van der Waals surface area contributed by atoms with Gasteiger partial charge in [-0.1, -0.05) is 41.1 Å². The summed E-state index contributed by atoms with van der Waals surface area (Å²) < 4.78 is 1.10. The fourth-order valence-electron chi connectivity index (χ4n) is 1.16. The van der Waals surface area contributed by atoms with Crippen LogP contribution in [-0.2, 0) is 0 Å². The Balaban J connectivity index is 2.86. The van der Waals surface area contributed by atoms with Crippen LogP contribution in [0.15, 0.2) is 22.7 Å². The van der Waals surface area contributed by atoms with E-state index in [-0.39, 0.29) is 5.41 Å². The summed E-state index contributed by atoms with van der Waals surface area (Å²) in [5, 5.41) is 9.89. The minimum absolute atomic E-state index is 0.135. The van der Waals surface area contributed by atoms with Crippen molar-refractivity contribution in [3.05, 3.63) is 22.7 Å². The van der Waals surface area contributed by atoms with E-state index < -0.39 is 5.60 Å². The second-order valence-electron chi connectivity index (χ2n) is 4.10. The van der Waals surface area contributed by atoms with Crippen molar-refractivity contribution in [2.24, 2.45) is 5.41 Å². The van der Waals surface area contributed by atoms with Gasteiger partial charge in [0.1, 0.15) is 0 Å². The van der Waals surface area contributed by atoms with Crippen molar-refractivity contribution in [1.82, 2.24) is 0 Å². The smallest absolute Gasteiger partial charge is 0.0682 e. The normalized spacial score (nSPS) is 30.2. The van der Waals surface area contributed by atoms with Crippen LogP contribution in [0.3, 0.4) is 0 Å². The number of aliphatic hydroxyl groups is 1. The molecule has 0 aromatic rings. The molecule has 0 unspecified atom stereocenters. The third kappa shape index (κ3) is 1.80. The molecular formula is C10H15BrO. The average molecular weight is 231 g/mol. The Morgan fingerprint density at radius 1 is 1.58 bits per heavy atom. The van der Waals surface area contributed by atoms with E-state index in [4.69, 9.17) is 0 Å². The average Bonchev–Trinajstić information content (AvgIpc) is 1.93. The van der Waals surface area contributed by atoms with Gasteiger partial charge in [-0.25, -0.2) is 0 Å². The summed E-state index contributed by atoms with van der Waals surface area (Å²) in [6, 6.07) is 0. The Hall–Kier alpha value is -0.0800. The first-order valence-corrected chi connectivity index (χ1v) is 4.92. The van der Waals surface area contributed by atoms with E-state index in [9.17, 15) is 5.11 Å². The first-order chi connectivity index (χ1) is 5.35. The fourth-order valence-corrected chi connectivity index (χ4v) is 1.46. The Morgan fingerprint density at radius 2 is 2.17 bits per heavy atom. The Kier molecular flexibility index (Phi) is 2.50. The van der Waals surface area contributed by atoms with E-state index in [0.29, 0.717) is 0 Å². The molecule has 1 rings (SSSR count). The molecule has 0 aromatic heterocycles. The van der Waals surface area contributed by atoms with Crippen LogP contribution in [0.25, 0.3) is 0 Å². The molecule has 0 saturated carbocycles. The van der Waals surface area contributed by atoms with Crippen LogP contribution in [0, 0.1) is 5.41 Å². The standard InChI is InChI=1S/C10H15BrO/c1-9(2,12)10(3)6-4-8(11)5-7-10/h4-6,12H,7H2,1-3H3/t10-/m0/s1. The van der Waals surface area contributed by atoms with Crippen LogP contribution in [0.1, 0.15) is 27.2 Å². The highest BCUT2D eigenvalue weighted by Crippen LogP contribution is 2.40. The van der Waals surface area contributed by atoms with E-state index in [1.54, 1.807) is 0 Å². The van der Waals surface area contributed by atoms with Gasteiger partial charge in [-0.3, -0.25) is 0 Å². The largest absolute Gasteiger partial charge is 0.390 e. The van der Waals surface area contributed by atoms with Crippen molar-refractivity contribution in [2.45, 2.75) is 32.8 Å². The van der Waals surface area contributed by atoms with Gasteiger partial charge in [0.05, 0.1) is 5.60 Å². The Morgan fingerprint density at radius 3 is 2.50 bits per heavy atom. The maximum atomic E-state index is 9.89. The highest BCUT2D eigenvalue weighted by molar-refractivity contribution is 9.11. The van der Waals surface area contributed by atoms with Crippen LogP contribution in [0.5, 0.6) is 0 Å². The summed E-state index contributed by atoms with van der Waals surface area (Å²) in [5.41, 5.74) is -0.794. The second-order valence-corrected chi connectivity index (χ2v) is 5.02. The number of hydrogen-bond donors (Lipinski definition) is 1. The molecule has 0 radical (unpaired) electrons. The minimum atomic E-state index is -0.659. The zero-order chi connectivity index (χ0) is 9.41. The maximum absolute atomic E-state index is 9.89. The molecule has 68 valence electrons. The van der Waals surface area contributed by atoms with Crippen LogP contribution >= 0.6 is 15.9 Å². The summed E-state index contributed by atoms with van der Waals surface area (Å²) in [4.78, 5) is 0. The molecule has 0 bridgehead atoms. The van der Waals surface area contributed by atoms with Gasteiger partial charge in [-0.05, 0) is 20.3 Å². The lowest BCUT2D eigenvalue weighted by Crippen LogP contribution is -2.40. The summed E-state index contributed by atoms with van der Waals surface area (Å²) in [7, 11) is 0. The molecule has 1 nitrogen and oxygen atoms in total. The van der Waals surface area contributed by atoms with Gasteiger partial charge in [0.2, 0.25) is 0 Å². The predicted molar refractivity (Wildman–Crippen MR) is 55.2 cm³/mol. The topological polar surface area (TPSA) is 20.2 Å². The van der Waals surface area contributed by atoms with Gasteiger partial charge in [-0.2, -0.15) is 0 Å². The van der Waals surface area contributed by atoms with Crippen molar-refractivity contribution in [3.63, 3.8) is 0 Å². The van der Waals surface area contributed by atoms with Gasteiger partial charge in [0.25, 0.3) is 0 Å². The maximum Gasteiger partial charge on any atom is 0.0682 e. The molecule has 1 aliphatic carbocycles. The third-order valence-electron chi connectivity index (χ3n) is 2.73. The summed E-state index contributed by atoms with van der Waals surface area (Å²) in [6.07, 6.45) is 7.05. The highest BCUT2D eigenvalue weighted by Gasteiger charge is 2.37. The highest BCUT2D eigenvalue weighted by atomic mass is 79.9. The van der Waals surface area contributed by atoms with E-state index in [0.717, 1.165) is 10.9 Å². The van der Waals surface area contributed by atoms with Gasteiger partial charge < -0.3 is 5.11 Å². The van der Waals surface area contributed by atoms with E-state index in [2.05, 4.69) is 35.0 Å². The Bertz CT molecular complexity index is 235. The van der Waals surface area contributed by atoms with Crippen molar-refractivity contribution in [2.75, 3.05) is 0 Å². The Labute approximate surface area is 82.3 Å². The fraction of sp³-hybridized carbons (Fsp3) is 0.600. The zero-order valence-electron chi connectivity index (χ0n) is 7.76. The van der Waals surface area contributed by atoms with E-state index >= 15 is 0 Å². The van der Waals surface area contributed by atoms with Crippen molar-refractivity contribution in [1.29, 1.82) is 0 Å². The second kappa shape index (κ2) is 3.00. The van der Waals surface area contributed by atoms with Gasteiger partial charge >= 0.3 is 0 Å². The number of allylic oxidation sites excluding steroid dienone is 3. The molecule has 0 amide bonds. The molecule has 0 aliphatic heterocycles. The first kappa shape index (κ1) is 10.0. The number of hydrogen-bond acceptors (Lipinski definition) is 1.